The average molecular weight is 336 g/mol. The molecule has 2 unspecified atom stereocenters. The Morgan fingerprint density at radius 3 is 1.72 bits per heavy atom. The zero-order valence-corrected chi connectivity index (χ0v) is 16.2. The maximum atomic E-state index is 6.50. The van der Waals surface area contributed by atoms with Gasteiger partial charge in [-0.2, -0.15) is 0 Å². The molecule has 0 amide bonds. The molecule has 0 aliphatic carbocycles. The predicted molar refractivity (Wildman–Crippen MR) is 105 cm³/mol. The molecular weight excluding hydrogens is 307 g/mol. The molecule has 0 aromatic heterocycles. The van der Waals surface area contributed by atoms with Gasteiger partial charge in [0.05, 0.1) is 11.2 Å². The van der Waals surface area contributed by atoms with Gasteiger partial charge < -0.3 is 9.31 Å². The molecule has 1 aliphatic heterocycles. The van der Waals surface area contributed by atoms with E-state index in [1.165, 1.54) is 11.1 Å². The predicted octanol–water partition coefficient (Wildman–Crippen LogP) is 5.38. The van der Waals surface area contributed by atoms with Gasteiger partial charge in [0.25, 0.3) is 0 Å². The minimum atomic E-state index is -0.343. The fraction of sp³-hybridized carbons (Fsp3) is 0.455. The van der Waals surface area contributed by atoms with E-state index in [4.69, 9.17) is 9.31 Å². The Labute approximate surface area is 152 Å². The molecule has 1 saturated heterocycles. The van der Waals surface area contributed by atoms with Gasteiger partial charge in [-0.15, -0.1) is 0 Å². The first-order valence-electron chi connectivity index (χ1n) is 9.14. The molecule has 25 heavy (non-hydrogen) atoms. The molecule has 1 heterocycles. The van der Waals surface area contributed by atoms with Gasteiger partial charge in [-0.3, -0.25) is 0 Å². The molecule has 0 spiro atoms. The Morgan fingerprint density at radius 1 is 0.800 bits per heavy atom. The van der Waals surface area contributed by atoms with Crippen molar-refractivity contribution in [1.82, 2.24) is 0 Å². The largest absolute Gasteiger partial charge is 0.469 e. The van der Waals surface area contributed by atoms with Crippen LogP contribution < -0.4 is 0 Å². The topological polar surface area (TPSA) is 18.5 Å². The minimum Gasteiger partial charge on any atom is -0.403 e. The average Bonchev–Trinajstić information content (AvgIpc) is 2.83. The highest BCUT2D eigenvalue weighted by molar-refractivity contribution is 6.50. The van der Waals surface area contributed by atoms with E-state index in [9.17, 15) is 0 Å². The molecule has 3 rings (SSSR count). The smallest absolute Gasteiger partial charge is 0.403 e. The second kappa shape index (κ2) is 6.30. The van der Waals surface area contributed by atoms with Crippen molar-refractivity contribution in [2.45, 2.75) is 64.0 Å². The van der Waals surface area contributed by atoms with Crippen molar-refractivity contribution < 1.29 is 9.31 Å². The zero-order valence-electron chi connectivity index (χ0n) is 16.2. The first-order valence-corrected chi connectivity index (χ1v) is 9.14. The summed E-state index contributed by atoms with van der Waals surface area (Å²) in [5, 5.41) is -0.298. The molecule has 3 heteroatoms. The van der Waals surface area contributed by atoms with Crippen LogP contribution in [-0.4, -0.2) is 18.3 Å². The highest BCUT2D eigenvalue weighted by atomic mass is 16.7. The molecule has 2 nitrogen and oxygen atoms in total. The summed E-state index contributed by atoms with van der Waals surface area (Å²) in [6, 6.07) is 21.3. The van der Waals surface area contributed by atoms with Gasteiger partial charge in [0.2, 0.25) is 0 Å². The van der Waals surface area contributed by atoms with Gasteiger partial charge in [-0.1, -0.05) is 74.5 Å². The van der Waals surface area contributed by atoms with Crippen LogP contribution >= 0.6 is 0 Å². The van der Waals surface area contributed by atoms with Gasteiger partial charge >= 0.3 is 7.12 Å². The summed E-state index contributed by atoms with van der Waals surface area (Å²) in [7, 11) is -0.310. The van der Waals surface area contributed by atoms with E-state index in [-0.39, 0.29) is 29.6 Å². The number of rotatable bonds is 4. The maximum Gasteiger partial charge on any atom is 0.469 e. The summed E-state index contributed by atoms with van der Waals surface area (Å²) in [6.07, 6.45) is 0. The standard InChI is InChI=1S/C22H29BO2/c1-17(18-13-9-7-10-14-18)22(6,19-15-11-8-12-16-19)23-24-20(2,3)21(4,5)25-23/h7-17H,1-6H3. The van der Waals surface area contributed by atoms with Gasteiger partial charge in [-0.25, -0.2) is 0 Å². The Hall–Kier alpha value is -1.58. The van der Waals surface area contributed by atoms with Crippen molar-refractivity contribution in [3.63, 3.8) is 0 Å². The SMILES string of the molecule is CC(c1ccccc1)C(C)(B1OC(C)(C)C(C)(C)O1)c1ccccc1. The van der Waals surface area contributed by atoms with Crippen molar-refractivity contribution in [2.24, 2.45) is 0 Å². The van der Waals surface area contributed by atoms with E-state index in [1.807, 2.05) is 0 Å². The first-order chi connectivity index (χ1) is 11.7. The van der Waals surface area contributed by atoms with E-state index in [0.29, 0.717) is 0 Å². The van der Waals surface area contributed by atoms with Gasteiger partial charge in [0.1, 0.15) is 0 Å². The molecule has 0 N–H and O–H groups in total. The molecule has 0 bridgehead atoms. The fourth-order valence-corrected chi connectivity index (χ4v) is 3.56. The Balaban J connectivity index is 2.08. The quantitative estimate of drug-likeness (QED) is 0.698. The summed E-state index contributed by atoms with van der Waals surface area (Å²) in [5.41, 5.74) is 1.85. The highest BCUT2D eigenvalue weighted by Crippen LogP contribution is 2.48. The van der Waals surface area contributed by atoms with Gasteiger partial charge in [0, 0.05) is 5.31 Å². The molecule has 1 aliphatic rings. The van der Waals surface area contributed by atoms with Crippen molar-refractivity contribution in [3.8, 4) is 0 Å². The van der Waals surface area contributed by atoms with E-state index in [2.05, 4.69) is 102 Å². The van der Waals surface area contributed by atoms with Crippen molar-refractivity contribution in [3.05, 3.63) is 71.8 Å². The lowest BCUT2D eigenvalue weighted by Gasteiger charge is -2.38. The molecule has 2 aromatic carbocycles. The third-order valence-corrected chi connectivity index (χ3v) is 6.34. The van der Waals surface area contributed by atoms with Crippen molar-refractivity contribution >= 4 is 7.12 Å². The zero-order chi connectivity index (χ0) is 18.3. The van der Waals surface area contributed by atoms with Crippen LogP contribution in [0.25, 0.3) is 0 Å². The summed E-state index contributed by atoms with van der Waals surface area (Å²) in [5.74, 6) is 0.241. The van der Waals surface area contributed by atoms with Crippen LogP contribution in [0, 0.1) is 0 Å². The van der Waals surface area contributed by atoms with Crippen LogP contribution in [0.15, 0.2) is 60.7 Å². The lowest BCUT2D eigenvalue weighted by atomic mass is 9.48. The summed E-state index contributed by atoms with van der Waals surface area (Å²) < 4.78 is 13.0. The lowest BCUT2D eigenvalue weighted by molar-refractivity contribution is 0.00578. The Bertz CT molecular complexity index is 695. The molecular formula is C22H29BO2. The second-order valence-corrected chi connectivity index (χ2v) is 8.37. The normalized spacial score (nSPS) is 22.4. The van der Waals surface area contributed by atoms with Crippen LogP contribution in [0.5, 0.6) is 0 Å². The number of hydrogen-bond acceptors (Lipinski definition) is 2. The van der Waals surface area contributed by atoms with E-state index in [0.717, 1.165) is 0 Å². The van der Waals surface area contributed by atoms with Crippen molar-refractivity contribution in [2.75, 3.05) is 0 Å². The van der Waals surface area contributed by atoms with Crippen LogP contribution in [0.1, 0.15) is 58.6 Å². The fourth-order valence-electron chi connectivity index (χ4n) is 3.56. The van der Waals surface area contributed by atoms with Crippen LogP contribution in [0.2, 0.25) is 0 Å². The lowest BCUT2D eigenvalue weighted by Crippen LogP contribution is -2.47. The Kier molecular flexibility index (Phi) is 4.59. The van der Waals surface area contributed by atoms with Gasteiger partial charge in [-0.05, 0) is 44.7 Å². The molecule has 132 valence electrons. The molecule has 2 atom stereocenters. The number of benzene rings is 2. The minimum absolute atomic E-state index is 0.241. The third-order valence-electron chi connectivity index (χ3n) is 6.34. The summed E-state index contributed by atoms with van der Waals surface area (Å²) in [4.78, 5) is 0. The second-order valence-electron chi connectivity index (χ2n) is 8.37. The van der Waals surface area contributed by atoms with Crippen LogP contribution in [0.4, 0.5) is 0 Å². The maximum absolute atomic E-state index is 6.50. The van der Waals surface area contributed by atoms with E-state index in [1.54, 1.807) is 0 Å². The molecule has 0 radical (unpaired) electrons. The van der Waals surface area contributed by atoms with E-state index >= 15 is 0 Å². The molecule has 0 saturated carbocycles. The van der Waals surface area contributed by atoms with Crippen LogP contribution in [-0.2, 0) is 14.6 Å². The van der Waals surface area contributed by atoms with Crippen molar-refractivity contribution in [1.29, 1.82) is 0 Å². The van der Waals surface area contributed by atoms with Crippen LogP contribution in [0.3, 0.4) is 0 Å². The van der Waals surface area contributed by atoms with Gasteiger partial charge in [0.15, 0.2) is 0 Å². The third kappa shape index (κ3) is 3.05. The molecule has 2 aromatic rings. The summed E-state index contributed by atoms with van der Waals surface area (Å²) in [6.45, 7) is 13.0. The monoisotopic (exact) mass is 336 g/mol. The molecule has 1 fully saturated rings. The first kappa shape index (κ1) is 18.2. The van der Waals surface area contributed by atoms with E-state index < -0.39 is 0 Å². The highest BCUT2D eigenvalue weighted by Gasteiger charge is 2.60. The Morgan fingerprint density at radius 2 is 1.24 bits per heavy atom. The number of hydrogen-bond donors (Lipinski definition) is 0. The summed E-state index contributed by atoms with van der Waals surface area (Å²) >= 11 is 0.